The summed E-state index contributed by atoms with van der Waals surface area (Å²) in [6, 6.07) is 6.32. The molecule has 0 bridgehead atoms. The molecule has 1 N–H and O–H groups in total. The van der Waals surface area contributed by atoms with Gasteiger partial charge in [-0.25, -0.2) is 8.42 Å². The monoisotopic (exact) mass is 298 g/mol. The normalized spacial score (nSPS) is 22.9. The third-order valence-electron chi connectivity index (χ3n) is 3.69. The molecule has 0 spiro atoms. The number of hydrogen-bond donors (Lipinski definition) is 1. The highest BCUT2D eigenvalue weighted by Gasteiger charge is 2.34. The molecule has 0 aromatic heterocycles. The van der Waals surface area contributed by atoms with Crippen LogP contribution in [0.1, 0.15) is 24.8 Å². The van der Waals surface area contributed by atoms with E-state index in [1.54, 1.807) is 12.1 Å². The fourth-order valence-corrected chi connectivity index (χ4v) is 4.12. The lowest BCUT2D eigenvalue weighted by atomic mass is 10.1. The first-order valence-electron chi connectivity index (χ1n) is 6.53. The number of nitro benzene ring substituents is 1. The Morgan fingerprint density at radius 1 is 1.40 bits per heavy atom. The molecule has 2 atom stereocenters. The van der Waals surface area contributed by atoms with E-state index in [1.807, 2.05) is 0 Å². The number of nitrogens with one attached hydrogen (secondary N) is 1. The molecule has 0 amide bonds. The third kappa shape index (κ3) is 3.55. The Balaban J connectivity index is 2.02. The second-order valence-electron chi connectivity index (χ2n) is 5.21. The Labute approximate surface area is 118 Å². The summed E-state index contributed by atoms with van der Waals surface area (Å²) in [5.74, 6) is 0. The van der Waals surface area contributed by atoms with E-state index in [-0.39, 0.29) is 17.0 Å². The lowest BCUT2D eigenvalue weighted by molar-refractivity contribution is -0.384. The molecule has 1 fully saturated rings. The Bertz CT molecular complexity index is 600. The average molecular weight is 298 g/mol. The van der Waals surface area contributed by atoms with E-state index < -0.39 is 14.8 Å². The summed E-state index contributed by atoms with van der Waals surface area (Å²) in [6.45, 7) is 0.443. The molecule has 1 aromatic rings. The van der Waals surface area contributed by atoms with Gasteiger partial charge in [0.1, 0.15) is 0 Å². The first kappa shape index (κ1) is 14.9. The van der Waals surface area contributed by atoms with Crippen LogP contribution in [0.4, 0.5) is 5.69 Å². The summed E-state index contributed by atoms with van der Waals surface area (Å²) in [7, 11) is -3.05. The molecule has 6 nitrogen and oxygen atoms in total. The van der Waals surface area contributed by atoms with Crippen LogP contribution in [0.15, 0.2) is 24.3 Å². The van der Waals surface area contributed by atoms with Gasteiger partial charge in [-0.2, -0.15) is 0 Å². The molecule has 2 unspecified atom stereocenters. The van der Waals surface area contributed by atoms with Gasteiger partial charge in [0.15, 0.2) is 9.84 Å². The van der Waals surface area contributed by atoms with Gasteiger partial charge < -0.3 is 5.32 Å². The smallest absolute Gasteiger partial charge is 0.269 e. The van der Waals surface area contributed by atoms with Gasteiger partial charge >= 0.3 is 0 Å². The van der Waals surface area contributed by atoms with Crippen LogP contribution in [0.5, 0.6) is 0 Å². The van der Waals surface area contributed by atoms with Crippen molar-refractivity contribution in [3.63, 3.8) is 0 Å². The maximum absolute atomic E-state index is 11.7. The Kier molecular flexibility index (Phi) is 4.39. The van der Waals surface area contributed by atoms with E-state index >= 15 is 0 Å². The molecule has 0 radical (unpaired) electrons. The molecule has 1 saturated carbocycles. The van der Waals surface area contributed by atoms with Crippen molar-refractivity contribution in [1.29, 1.82) is 0 Å². The van der Waals surface area contributed by atoms with Crippen LogP contribution < -0.4 is 5.32 Å². The van der Waals surface area contributed by atoms with Crippen LogP contribution in [-0.4, -0.2) is 30.9 Å². The number of benzene rings is 1. The molecule has 0 heterocycles. The summed E-state index contributed by atoms with van der Waals surface area (Å²) in [5, 5.41) is 13.6. The van der Waals surface area contributed by atoms with Crippen molar-refractivity contribution < 1.29 is 13.3 Å². The van der Waals surface area contributed by atoms with Crippen molar-refractivity contribution in [2.45, 2.75) is 37.1 Å². The van der Waals surface area contributed by atoms with Crippen LogP contribution in [0.3, 0.4) is 0 Å². The zero-order valence-corrected chi connectivity index (χ0v) is 12.1. The highest BCUT2D eigenvalue weighted by atomic mass is 32.2. The zero-order valence-electron chi connectivity index (χ0n) is 11.3. The van der Waals surface area contributed by atoms with Gasteiger partial charge in [0.05, 0.1) is 10.2 Å². The molecule has 1 aliphatic carbocycles. The van der Waals surface area contributed by atoms with Crippen LogP contribution in [-0.2, 0) is 16.4 Å². The van der Waals surface area contributed by atoms with Gasteiger partial charge in [0.25, 0.3) is 5.69 Å². The number of non-ortho nitro benzene ring substituents is 1. The Hall–Kier alpha value is -1.47. The summed E-state index contributed by atoms with van der Waals surface area (Å²) in [6.07, 6.45) is 3.67. The van der Waals surface area contributed by atoms with Gasteiger partial charge in [0, 0.05) is 31.0 Å². The molecular formula is C13H18N2O4S. The Morgan fingerprint density at radius 3 is 2.80 bits per heavy atom. The van der Waals surface area contributed by atoms with Crippen molar-refractivity contribution in [1.82, 2.24) is 5.32 Å². The third-order valence-corrected chi connectivity index (χ3v) is 5.36. The highest BCUT2D eigenvalue weighted by molar-refractivity contribution is 7.91. The Morgan fingerprint density at radius 2 is 2.15 bits per heavy atom. The summed E-state index contributed by atoms with van der Waals surface area (Å²) < 4.78 is 23.3. The van der Waals surface area contributed by atoms with Gasteiger partial charge in [-0.15, -0.1) is 0 Å². The maximum Gasteiger partial charge on any atom is 0.269 e. The van der Waals surface area contributed by atoms with Crippen molar-refractivity contribution >= 4 is 15.5 Å². The van der Waals surface area contributed by atoms with Crippen molar-refractivity contribution in [2.75, 3.05) is 6.26 Å². The minimum atomic E-state index is -3.05. The average Bonchev–Trinajstić information content (AvgIpc) is 2.85. The van der Waals surface area contributed by atoms with E-state index in [2.05, 4.69) is 5.32 Å². The van der Waals surface area contributed by atoms with E-state index in [4.69, 9.17) is 0 Å². The summed E-state index contributed by atoms with van der Waals surface area (Å²) in [4.78, 5) is 10.3. The minimum absolute atomic E-state index is 0.0513. The second kappa shape index (κ2) is 5.88. The molecule has 0 saturated heterocycles. The van der Waals surface area contributed by atoms with Crippen molar-refractivity contribution in [3.8, 4) is 0 Å². The van der Waals surface area contributed by atoms with E-state index in [9.17, 15) is 18.5 Å². The number of rotatable bonds is 5. The predicted octanol–water partition coefficient (Wildman–Crippen LogP) is 1.65. The van der Waals surface area contributed by atoms with Crippen molar-refractivity contribution in [2.24, 2.45) is 0 Å². The molecular weight excluding hydrogens is 280 g/mol. The van der Waals surface area contributed by atoms with Gasteiger partial charge in [-0.05, 0) is 18.4 Å². The van der Waals surface area contributed by atoms with Gasteiger partial charge in [-0.3, -0.25) is 10.1 Å². The second-order valence-corrected chi connectivity index (χ2v) is 7.48. The lowest BCUT2D eigenvalue weighted by Crippen LogP contribution is -2.39. The highest BCUT2D eigenvalue weighted by Crippen LogP contribution is 2.25. The van der Waals surface area contributed by atoms with Gasteiger partial charge in [-0.1, -0.05) is 18.6 Å². The van der Waals surface area contributed by atoms with Crippen LogP contribution in [0.25, 0.3) is 0 Å². The van der Waals surface area contributed by atoms with E-state index in [0.29, 0.717) is 13.0 Å². The van der Waals surface area contributed by atoms with Crippen LogP contribution >= 0.6 is 0 Å². The summed E-state index contributed by atoms with van der Waals surface area (Å²) in [5.41, 5.74) is 0.841. The standard InChI is InChI=1S/C13H18N2O4S/c1-20(18,19)13-7-3-6-12(13)14-9-10-4-2-5-11(8-10)15(16)17/h2,4-5,8,12-14H,3,6-7,9H2,1H3. The fourth-order valence-electron chi connectivity index (χ4n) is 2.70. The largest absolute Gasteiger partial charge is 0.309 e. The first-order chi connectivity index (χ1) is 9.38. The molecule has 1 aliphatic rings. The van der Waals surface area contributed by atoms with Crippen LogP contribution in [0.2, 0.25) is 0 Å². The number of sulfone groups is 1. The molecule has 110 valence electrons. The summed E-state index contributed by atoms with van der Waals surface area (Å²) >= 11 is 0. The van der Waals surface area contributed by atoms with Crippen molar-refractivity contribution in [3.05, 3.63) is 39.9 Å². The maximum atomic E-state index is 11.7. The first-order valence-corrected chi connectivity index (χ1v) is 8.49. The number of nitro groups is 1. The predicted molar refractivity (Wildman–Crippen MR) is 76.2 cm³/mol. The van der Waals surface area contributed by atoms with E-state index in [0.717, 1.165) is 18.4 Å². The zero-order chi connectivity index (χ0) is 14.8. The SMILES string of the molecule is CS(=O)(=O)C1CCCC1NCc1cccc([N+](=O)[O-])c1. The number of nitrogens with zero attached hydrogens (tertiary/aromatic N) is 1. The molecule has 0 aliphatic heterocycles. The molecule has 20 heavy (non-hydrogen) atoms. The van der Waals surface area contributed by atoms with E-state index in [1.165, 1.54) is 18.4 Å². The topological polar surface area (TPSA) is 89.3 Å². The van der Waals surface area contributed by atoms with Crippen LogP contribution in [0, 0.1) is 10.1 Å². The lowest BCUT2D eigenvalue weighted by Gasteiger charge is -2.19. The van der Waals surface area contributed by atoms with Gasteiger partial charge in [0.2, 0.25) is 0 Å². The molecule has 7 heteroatoms. The quantitative estimate of drug-likeness (QED) is 0.659. The minimum Gasteiger partial charge on any atom is -0.309 e. The fraction of sp³-hybridized carbons (Fsp3) is 0.538. The molecule has 2 rings (SSSR count). The number of hydrogen-bond acceptors (Lipinski definition) is 5. The molecule has 1 aromatic carbocycles.